The lowest BCUT2D eigenvalue weighted by atomic mass is 10.2. The number of fused-ring (bicyclic) bond motifs is 1. The largest absolute Gasteiger partial charge is 0.354 e. The number of aryl methyl sites for hydroxylation is 1. The molecule has 2 aromatic rings. The molecule has 1 aliphatic rings. The van der Waals surface area contributed by atoms with E-state index in [0.29, 0.717) is 0 Å². The van der Waals surface area contributed by atoms with Crippen LogP contribution in [0.4, 0.5) is 5.82 Å². The molecule has 0 aromatic carbocycles. The van der Waals surface area contributed by atoms with Crippen molar-refractivity contribution in [3.8, 4) is 0 Å². The van der Waals surface area contributed by atoms with Gasteiger partial charge in [0.2, 0.25) is 0 Å². The first kappa shape index (κ1) is 9.59. The predicted molar refractivity (Wildman–Crippen MR) is 62.8 cm³/mol. The highest BCUT2D eigenvalue weighted by Crippen LogP contribution is 2.18. The monoisotopic (exact) mass is 217 g/mol. The lowest BCUT2D eigenvalue weighted by Gasteiger charge is -2.29. The number of nitrogens with zero attached hydrogens (tertiary/aromatic N) is 4. The van der Waals surface area contributed by atoms with Gasteiger partial charge in [-0.2, -0.15) is 9.61 Å². The van der Waals surface area contributed by atoms with Crippen LogP contribution in [0.25, 0.3) is 5.65 Å². The summed E-state index contributed by atoms with van der Waals surface area (Å²) in [7, 11) is 0. The summed E-state index contributed by atoms with van der Waals surface area (Å²) in [5, 5.41) is 7.63. The zero-order valence-electron chi connectivity index (χ0n) is 9.35. The van der Waals surface area contributed by atoms with E-state index in [0.717, 1.165) is 37.6 Å². The van der Waals surface area contributed by atoms with E-state index in [-0.39, 0.29) is 0 Å². The standard InChI is InChI=1S/C11H15N5/c1-9-6-10-13-8-14-16(10)11(7-9)15-4-2-12-3-5-15/h6-8,12H,2-5H2,1H3. The van der Waals surface area contributed by atoms with Crippen LogP contribution in [0.3, 0.4) is 0 Å². The Morgan fingerprint density at radius 2 is 2.06 bits per heavy atom. The van der Waals surface area contributed by atoms with Gasteiger partial charge in [0.15, 0.2) is 5.65 Å². The maximum Gasteiger partial charge on any atom is 0.157 e. The summed E-state index contributed by atoms with van der Waals surface area (Å²) >= 11 is 0. The Hall–Kier alpha value is -1.62. The fourth-order valence-electron chi connectivity index (χ4n) is 2.15. The Morgan fingerprint density at radius 1 is 1.25 bits per heavy atom. The summed E-state index contributed by atoms with van der Waals surface area (Å²) in [6.07, 6.45) is 1.61. The number of pyridine rings is 1. The number of hydrogen-bond acceptors (Lipinski definition) is 4. The van der Waals surface area contributed by atoms with Crippen LogP contribution >= 0.6 is 0 Å². The van der Waals surface area contributed by atoms with E-state index in [1.807, 2.05) is 4.52 Å². The fraction of sp³-hybridized carbons (Fsp3) is 0.455. The Bertz CT molecular complexity index is 498. The van der Waals surface area contributed by atoms with Gasteiger partial charge in [-0.3, -0.25) is 0 Å². The smallest absolute Gasteiger partial charge is 0.157 e. The second-order valence-electron chi connectivity index (χ2n) is 4.16. The summed E-state index contributed by atoms with van der Waals surface area (Å²) < 4.78 is 1.92. The number of anilines is 1. The lowest BCUT2D eigenvalue weighted by Crippen LogP contribution is -2.44. The quantitative estimate of drug-likeness (QED) is 0.753. The van der Waals surface area contributed by atoms with Crippen LogP contribution in [0, 0.1) is 6.92 Å². The Labute approximate surface area is 94.1 Å². The van der Waals surface area contributed by atoms with Gasteiger partial charge in [0.05, 0.1) is 0 Å². The highest BCUT2D eigenvalue weighted by molar-refractivity contribution is 5.53. The van der Waals surface area contributed by atoms with Gasteiger partial charge >= 0.3 is 0 Å². The third kappa shape index (κ3) is 1.53. The molecule has 1 saturated heterocycles. The summed E-state index contributed by atoms with van der Waals surface area (Å²) in [5.41, 5.74) is 2.16. The first-order chi connectivity index (χ1) is 7.84. The molecular formula is C11H15N5. The van der Waals surface area contributed by atoms with E-state index >= 15 is 0 Å². The molecule has 2 aromatic heterocycles. The molecule has 0 bridgehead atoms. The molecule has 3 heterocycles. The zero-order valence-corrected chi connectivity index (χ0v) is 9.35. The van der Waals surface area contributed by atoms with E-state index in [2.05, 4.69) is 39.4 Å². The summed E-state index contributed by atoms with van der Waals surface area (Å²) in [4.78, 5) is 6.60. The molecule has 0 aliphatic carbocycles. The maximum absolute atomic E-state index is 4.28. The molecule has 84 valence electrons. The van der Waals surface area contributed by atoms with Crippen molar-refractivity contribution in [2.45, 2.75) is 6.92 Å². The van der Waals surface area contributed by atoms with Gasteiger partial charge in [0.25, 0.3) is 0 Å². The van der Waals surface area contributed by atoms with Crippen molar-refractivity contribution in [1.29, 1.82) is 0 Å². The molecule has 0 unspecified atom stereocenters. The second-order valence-corrected chi connectivity index (χ2v) is 4.16. The fourth-order valence-corrected chi connectivity index (χ4v) is 2.15. The van der Waals surface area contributed by atoms with E-state index in [4.69, 9.17) is 0 Å². The summed E-state index contributed by atoms with van der Waals surface area (Å²) in [6, 6.07) is 4.23. The SMILES string of the molecule is Cc1cc(N2CCNCC2)n2ncnc2c1. The average Bonchev–Trinajstić information content (AvgIpc) is 2.77. The lowest BCUT2D eigenvalue weighted by molar-refractivity contribution is 0.580. The van der Waals surface area contributed by atoms with Crippen molar-refractivity contribution >= 4 is 11.5 Å². The van der Waals surface area contributed by atoms with Crippen molar-refractivity contribution in [3.63, 3.8) is 0 Å². The van der Waals surface area contributed by atoms with Crippen LogP contribution in [0.1, 0.15) is 5.56 Å². The Balaban J connectivity index is 2.09. The van der Waals surface area contributed by atoms with Gasteiger partial charge in [-0.15, -0.1) is 0 Å². The Kier molecular flexibility index (Phi) is 2.25. The topological polar surface area (TPSA) is 45.5 Å². The van der Waals surface area contributed by atoms with Crippen LogP contribution in [0.5, 0.6) is 0 Å². The molecule has 5 heteroatoms. The molecule has 1 fully saturated rings. The van der Waals surface area contributed by atoms with E-state index < -0.39 is 0 Å². The average molecular weight is 217 g/mol. The summed E-state index contributed by atoms with van der Waals surface area (Å²) in [6.45, 7) is 6.21. The molecule has 16 heavy (non-hydrogen) atoms. The number of nitrogens with one attached hydrogen (secondary N) is 1. The maximum atomic E-state index is 4.28. The number of piperazine rings is 1. The molecule has 5 nitrogen and oxygen atoms in total. The molecule has 1 aliphatic heterocycles. The van der Waals surface area contributed by atoms with Gasteiger partial charge in [0.1, 0.15) is 12.1 Å². The Morgan fingerprint density at radius 3 is 2.88 bits per heavy atom. The molecule has 0 amide bonds. The minimum atomic E-state index is 0.925. The van der Waals surface area contributed by atoms with Crippen molar-refractivity contribution in [1.82, 2.24) is 19.9 Å². The minimum absolute atomic E-state index is 0.925. The van der Waals surface area contributed by atoms with Crippen LogP contribution < -0.4 is 10.2 Å². The van der Waals surface area contributed by atoms with Crippen LogP contribution in [0.15, 0.2) is 18.5 Å². The van der Waals surface area contributed by atoms with Crippen LogP contribution in [-0.4, -0.2) is 40.8 Å². The van der Waals surface area contributed by atoms with E-state index in [1.165, 1.54) is 5.56 Å². The van der Waals surface area contributed by atoms with Crippen molar-refractivity contribution in [3.05, 3.63) is 24.0 Å². The number of hydrogen-bond donors (Lipinski definition) is 1. The van der Waals surface area contributed by atoms with E-state index in [9.17, 15) is 0 Å². The molecule has 0 atom stereocenters. The van der Waals surface area contributed by atoms with Crippen molar-refractivity contribution < 1.29 is 0 Å². The van der Waals surface area contributed by atoms with Crippen LogP contribution in [-0.2, 0) is 0 Å². The second kappa shape index (κ2) is 3.75. The number of aromatic nitrogens is 3. The van der Waals surface area contributed by atoms with Crippen molar-refractivity contribution in [2.75, 3.05) is 31.1 Å². The first-order valence-electron chi connectivity index (χ1n) is 5.61. The van der Waals surface area contributed by atoms with Gasteiger partial charge in [-0.1, -0.05) is 0 Å². The molecule has 0 saturated carbocycles. The highest BCUT2D eigenvalue weighted by atomic mass is 15.4. The third-order valence-corrected chi connectivity index (χ3v) is 2.95. The van der Waals surface area contributed by atoms with Gasteiger partial charge in [-0.05, 0) is 24.6 Å². The molecule has 0 radical (unpaired) electrons. The molecule has 1 N–H and O–H groups in total. The van der Waals surface area contributed by atoms with Gasteiger partial charge in [-0.25, -0.2) is 4.98 Å². The first-order valence-corrected chi connectivity index (χ1v) is 5.61. The molecular weight excluding hydrogens is 202 g/mol. The zero-order chi connectivity index (χ0) is 11.0. The summed E-state index contributed by atoms with van der Waals surface area (Å²) in [5.74, 6) is 1.15. The normalized spacial score (nSPS) is 16.9. The van der Waals surface area contributed by atoms with Crippen LogP contribution in [0.2, 0.25) is 0 Å². The number of rotatable bonds is 1. The van der Waals surface area contributed by atoms with Crippen molar-refractivity contribution in [2.24, 2.45) is 0 Å². The van der Waals surface area contributed by atoms with Gasteiger partial charge in [0, 0.05) is 26.2 Å². The van der Waals surface area contributed by atoms with Gasteiger partial charge < -0.3 is 10.2 Å². The van der Waals surface area contributed by atoms with E-state index in [1.54, 1.807) is 6.33 Å². The highest BCUT2D eigenvalue weighted by Gasteiger charge is 2.14. The predicted octanol–water partition coefficient (Wildman–Crippen LogP) is 0.447. The molecule has 0 spiro atoms. The molecule has 3 rings (SSSR count). The third-order valence-electron chi connectivity index (χ3n) is 2.95. The minimum Gasteiger partial charge on any atom is -0.354 e.